The summed E-state index contributed by atoms with van der Waals surface area (Å²) in [5.41, 5.74) is 1.60. The number of hydrogen-bond donors (Lipinski definition) is 0. The fraction of sp³-hybridized carbons (Fsp3) is 0.0769. The van der Waals surface area contributed by atoms with Crippen LogP contribution in [0.2, 0.25) is 0 Å². The maximum Gasteiger partial charge on any atom is 0.0619 e. The Hall–Kier alpha value is 0.0200. The van der Waals surface area contributed by atoms with Crippen molar-refractivity contribution in [2.24, 2.45) is 0 Å². The van der Waals surface area contributed by atoms with E-state index >= 15 is 0 Å². The van der Waals surface area contributed by atoms with Gasteiger partial charge >= 0.3 is 0 Å². The van der Waals surface area contributed by atoms with E-state index in [1.54, 1.807) is 10.9 Å². The third kappa shape index (κ3) is 1.16. The minimum Gasteiger partial charge on any atom is -0.0797 e. The second kappa shape index (κ2) is 3.43. The Labute approximate surface area is 130 Å². The molecule has 1 unspecified atom stereocenters. The van der Waals surface area contributed by atoms with Crippen LogP contribution in [0.15, 0.2) is 17.0 Å². The van der Waals surface area contributed by atoms with Crippen molar-refractivity contribution < 1.29 is 0 Å². The van der Waals surface area contributed by atoms with Gasteiger partial charge in [0.15, 0.2) is 0 Å². The Morgan fingerprint density at radius 1 is 0.789 bits per heavy atom. The normalized spacial score (nSPS) is 20.1. The lowest BCUT2D eigenvalue weighted by Crippen LogP contribution is -2.04. The fourth-order valence-electron chi connectivity index (χ4n) is 3.07. The van der Waals surface area contributed by atoms with Crippen molar-refractivity contribution in [3.05, 3.63) is 22.2 Å². The molecule has 19 heavy (non-hydrogen) atoms. The Morgan fingerprint density at radius 2 is 1.58 bits per heavy atom. The first-order valence-electron chi connectivity index (χ1n) is 5.82. The molecule has 1 aliphatic heterocycles. The molecule has 2 aromatic heterocycles. The molecule has 4 aromatic rings. The monoisotopic (exact) mass is 352 g/mol. The maximum absolute atomic E-state index is 2.48. The second-order valence-corrected chi connectivity index (χ2v) is 11.6. The zero-order valence-corrected chi connectivity index (χ0v) is 14.2. The van der Waals surface area contributed by atoms with Crippen molar-refractivity contribution in [3.63, 3.8) is 0 Å². The summed E-state index contributed by atoms with van der Waals surface area (Å²) >= 11 is 0. The molecule has 1 atom stereocenters. The van der Waals surface area contributed by atoms with Gasteiger partial charge in [-0.3, -0.25) is 0 Å². The first kappa shape index (κ1) is 10.7. The van der Waals surface area contributed by atoms with E-state index in [0.29, 0.717) is 5.25 Å². The topological polar surface area (TPSA) is 0 Å². The molecule has 0 fully saturated rings. The first-order valence-corrected chi connectivity index (χ1v) is 12.3. The highest BCUT2D eigenvalue weighted by atomic mass is 33.1. The SMILES string of the molecule is C1=c2ssc3cc4ssc5cc6c(c(c23)c54)C1SS6. The predicted octanol–water partition coefficient (Wildman–Crippen LogP) is 6.26. The van der Waals surface area contributed by atoms with Crippen LogP contribution in [0.3, 0.4) is 0 Å². The highest BCUT2D eigenvalue weighted by Crippen LogP contribution is 2.60. The van der Waals surface area contributed by atoms with Crippen molar-refractivity contribution in [1.82, 2.24) is 0 Å². The molecule has 0 saturated heterocycles. The van der Waals surface area contributed by atoms with Crippen molar-refractivity contribution in [2.75, 3.05) is 0 Å². The van der Waals surface area contributed by atoms with Crippen LogP contribution in [0.4, 0.5) is 0 Å². The minimum atomic E-state index is 0.571. The van der Waals surface area contributed by atoms with E-state index in [1.165, 1.54) is 34.3 Å². The van der Waals surface area contributed by atoms with Crippen molar-refractivity contribution in [2.45, 2.75) is 10.1 Å². The molecule has 6 heteroatoms. The van der Waals surface area contributed by atoms with Gasteiger partial charge in [-0.1, -0.05) is 62.9 Å². The van der Waals surface area contributed by atoms with Crippen LogP contribution in [-0.2, 0) is 0 Å². The van der Waals surface area contributed by atoms with Gasteiger partial charge in [-0.2, -0.15) is 0 Å². The molecule has 0 spiro atoms. The molecule has 0 nitrogen and oxygen atoms in total. The second-order valence-electron chi connectivity index (χ2n) is 4.75. The van der Waals surface area contributed by atoms with Crippen LogP contribution in [0, 0.1) is 0 Å². The van der Waals surface area contributed by atoms with Gasteiger partial charge in [-0.25, -0.2) is 0 Å². The quantitative estimate of drug-likeness (QED) is 0.342. The molecule has 0 saturated carbocycles. The Kier molecular flexibility index (Phi) is 1.93. The van der Waals surface area contributed by atoms with Crippen molar-refractivity contribution in [3.8, 4) is 0 Å². The third-order valence-corrected chi connectivity index (χ3v) is 11.3. The van der Waals surface area contributed by atoms with E-state index in [9.17, 15) is 0 Å². The highest BCUT2D eigenvalue weighted by Gasteiger charge is 2.31. The number of hydrogen-bond acceptors (Lipinski definition) is 6. The van der Waals surface area contributed by atoms with Gasteiger partial charge in [0.05, 0.1) is 5.25 Å². The van der Waals surface area contributed by atoms with Crippen LogP contribution >= 0.6 is 62.9 Å². The van der Waals surface area contributed by atoms with E-state index < -0.39 is 0 Å². The smallest absolute Gasteiger partial charge is 0.0619 e. The predicted molar refractivity (Wildman–Crippen MR) is 95.2 cm³/mol. The van der Waals surface area contributed by atoms with Crippen LogP contribution in [0.5, 0.6) is 0 Å². The van der Waals surface area contributed by atoms with Gasteiger partial charge in [-0.15, -0.1) is 0 Å². The molecule has 0 amide bonds. The number of benzene rings is 2. The summed E-state index contributed by atoms with van der Waals surface area (Å²) in [6.45, 7) is 0. The summed E-state index contributed by atoms with van der Waals surface area (Å²) in [5.74, 6) is 0. The van der Waals surface area contributed by atoms with Gasteiger partial charge in [0.2, 0.25) is 0 Å². The van der Waals surface area contributed by atoms with Crippen LogP contribution < -0.4 is 4.53 Å². The van der Waals surface area contributed by atoms with Gasteiger partial charge in [0.25, 0.3) is 0 Å². The van der Waals surface area contributed by atoms with E-state index in [1.807, 2.05) is 62.9 Å². The summed E-state index contributed by atoms with van der Waals surface area (Å²) in [4.78, 5) is 1.50. The van der Waals surface area contributed by atoms with E-state index in [2.05, 4.69) is 18.2 Å². The van der Waals surface area contributed by atoms with Gasteiger partial charge in [0, 0.05) is 39.7 Å². The number of rotatable bonds is 0. The summed E-state index contributed by atoms with van der Waals surface area (Å²) < 4.78 is 5.94. The molecule has 0 N–H and O–H groups in total. The van der Waals surface area contributed by atoms with Gasteiger partial charge < -0.3 is 0 Å². The molecule has 2 aliphatic rings. The van der Waals surface area contributed by atoms with Crippen LogP contribution in [-0.4, -0.2) is 0 Å². The molecule has 0 radical (unpaired) electrons. The molecule has 1 aliphatic carbocycles. The maximum atomic E-state index is 2.48. The average molecular weight is 353 g/mol. The summed E-state index contributed by atoms with van der Waals surface area (Å²) in [7, 11) is 11.8. The molecule has 2 aromatic carbocycles. The Bertz CT molecular complexity index is 1070. The molecule has 3 heterocycles. The zero-order chi connectivity index (χ0) is 12.1. The van der Waals surface area contributed by atoms with E-state index in [-0.39, 0.29) is 0 Å². The van der Waals surface area contributed by atoms with E-state index in [0.717, 1.165) is 0 Å². The lowest BCUT2D eigenvalue weighted by atomic mass is 9.95. The molecular weight excluding hydrogens is 349 g/mol. The first-order chi connectivity index (χ1) is 9.40. The van der Waals surface area contributed by atoms with Crippen LogP contribution in [0.25, 0.3) is 36.3 Å². The summed E-state index contributed by atoms with van der Waals surface area (Å²) in [5, 5.41) is 5.22. The van der Waals surface area contributed by atoms with Crippen molar-refractivity contribution in [1.29, 1.82) is 0 Å². The van der Waals surface area contributed by atoms with Gasteiger partial charge in [0.1, 0.15) is 0 Å². The molecule has 6 rings (SSSR count). The molecule has 0 bridgehead atoms. The molecule has 92 valence electrons. The summed E-state index contributed by atoms with van der Waals surface area (Å²) in [6, 6.07) is 4.83. The largest absolute Gasteiger partial charge is 0.0797 e. The lowest BCUT2D eigenvalue weighted by Gasteiger charge is -2.13. The Balaban J connectivity index is 2.15. The fourth-order valence-corrected chi connectivity index (χ4v) is 11.1. The summed E-state index contributed by atoms with van der Waals surface area (Å²) in [6.07, 6.45) is 2.48. The minimum absolute atomic E-state index is 0.571. The highest BCUT2D eigenvalue weighted by molar-refractivity contribution is 8.77. The zero-order valence-electron chi connectivity index (χ0n) is 9.26. The van der Waals surface area contributed by atoms with Crippen LogP contribution in [0.1, 0.15) is 10.8 Å². The van der Waals surface area contributed by atoms with E-state index in [4.69, 9.17) is 0 Å². The Morgan fingerprint density at radius 3 is 2.53 bits per heavy atom. The third-order valence-electron chi connectivity index (χ3n) is 3.82. The standard InChI is InChI=1S/C13H4S6/c1-4-10-6(16-14-4)2-8-12-9(19-18-8)3-7-11(13(10)12)5(1)15-17-7/h1-4H. The molecular formula is C13H4S6. The lowest BCUT2D eigenvalue weighted by molar-refractivity contribution is 1.26. The van der Waals surface area contributed by atoms with Gasteiger partial charge in [-0.05, 0) is 23.8 Å². The van der Waals surface area contributed by atoms with Crippen molar-refractivity contribution >= 4 is 99.3 Å². The average Bonchev–Trinajstić information content (AvgIpc) is 3.12.